The molecular weight excluding hydrogens is 228 g/mol. The van der Waals surface area contributed by atoms with Crippen molar-refractivity contribution in [2.24, 2.45) is 0 Å². The van der Waals surface area contributed by atoms with Crippen LogP contribution >= 0.6 is 0 Å². The number of fused-ring (bicyclic) bond motifs is 1. The smallest absolute Gasteiger partial charge is 0.239 e. The number of rotatable bonds is 2. The lowest BCUT2D eigenvalue weighted by Gasteiger charge is -2.31. The molecule has 3 rings (SSSR count). The van der Waals surface area contributed by atoms with E-state index >= 15 is 0 Å². The molecule has 94 valence electrons. The van der Waals surface area contributed by atoms with E-state index in [1.54, 1.807) is 6.20 Å². The molecule has 1 amide bonds. The first kappa shape index (κ1) is 11.2. The highest BCUT2D eigenvalue weighted by atomic mass is 16.2. The molecule has 5 heteroatoms. The number of H-pyrrole nitrogens is 1. The second-order valence-electron chi connectivity index (χ2n) is 4.69. The maximum Gasteiger partial charge on any atom is 0.239 e. The molecule has 1 aliphatic rings. The molecule has 18 heavy (non-hydrogen) atoms. The van der Waals surface area contributed by atoms with Gasteiger partial charge in [-0.05, 0) is 19.1 Å². The lowest BCUT2D eigenvalue weighted by molar-refractivity contribution is -0.135. The van der Waals surface area contributed by atoms with Crippen LogP contribution in [0.3, 0.4) is 0 Å². The Hall–Kier alpha value is -1.88. The van der Waals surface area contributed by atoms with Gasteiger partial charge in [0.15, 0.2) is 0 Å². The third kappa shape index (κ3) is 1.97. The molecule has 3 heterocycles. The van der Waals surface area contributed by atoms with Gasteiger partial charge in [0.25, 0.3) is 0 Å². The molecule has 0 aromatic carbocycles. The van der Waals surface area contributed by atoms with Crippen LogP contribution in [0, 0.1) is 0 Å². The first-order valence-electron chi connectivity index (χ1n) is 6.18. The highest BCUT2D eigenvalue weighted by Gasteiger charge is 2.24. The molecule has 2 aromatic rings. The third-order valence-corrected chi connectivity index (χ3v) is 3.35. The zero-order valence-corrected chi connectivity index (χ0v) is 10.3. The van der Waals surface area contributed by atoms with Crippen molar-refractivity contribution in [2.75, 3.05) is 13.1 Å². The molecule has 0 radical (unpaired) electrons. The van der Waals surface area contributed by atoms with E-state index < -0.39 is 0 Å². The number of nitrogens with zero attached hydrogens (tertiary/aromatic N) is 2. The van der Waals surface area contributed by atoms with Crippen LogP contribution in [0.1, 0.15) is 12.6 Å². The Balaban J connectivity index is 1.81. The van der Waals surface area contributed by atoms with Crippen LogP contribution in [0.15, 0.2) is 24.5 Å². The highest BCUT2D eigenvalue weighted by molar-refractivity contribution is 5.83. The molecule has 1 atom stereocenters. The number of amides is 1. The van der Waals surface area contributed by atoms with Crippen molar-refractivity contribution in [3.05, 3.63) is 30.2 Å². The third-order valence-electron chi connectivity index (χ3n) is 3.35. The number of nitrogens with one attached hydrogen (secondary N) is 2. The summed E-state index contributed by atoms with van der Waals surface area (Å²) >= 11 is 0. The minimum Gasteiger partial charge on any atom is -0.357 e. The average molecular weight is 244 g/mol. The lowest BCUT2D eigenvalue weighted by atomic mass is 10.2. The van der Waals surface area contributed by atoms with Gasteiger partial charge in [-0.15, -0.1) is 0 Å². The van der Waals surface area contributed by atoms with Gasteiger partial charge in [0, 0.05) is 42.1 Å². The standard InChI is InChI=1S/C13H16N4O/c1-9-13(18)17(5-4-15-9)8-11-6-10-7-14-3-2-12(10)16-11/h2-3,6-7,9,15-16H,4-5,8H2,1H3. The van der Waals surface area contributed by atoms with Crippen molar-refractivity contribution in [3.63, 3.8) is 0 Å². The lowest BCUT2D eigenvalue weighted by Crippen LogP contribution is -2.53. The summed E-state index contributed by atoms with van der Waals surface area (Å²) in [5, 5.41) is 4.25. The molecule has 0 aliphatic carbocycles. The second-order valence-corrected chi connectivity index (χ2v) is 4.69. The van der Waals surface area contributed by atoms with E-state index in [9.17, 15) is 4.79 Å². The van der Waals surface area contributed by atoms with Crippen LogP contribution in [-0.2, 0) is 11.3 Å². The Kier molecular flexibility index (Phi) is 2.76. The summed E-state index contributed by atoms with van der Waals surface area (Å²) in [6.45, 7) is 4.16. The average Bonchev–Trinajstić information content (AvgIpc) is 2.77. The fraction of sp³-hybridized carbons (Fsp3) is 0.385. The molecule has 2 aromatic heterocycles. The van der Waals surface area contributed by atoms with E-state index in [1.807, 2.05) is 24.1 Å². The number of aromatic nitrogens is 2. The highest BCUT2D eigenvalue weighted by Crippen LogP contribution is 2.15. The number of carbonyl (C=O) groups excluding carboxylic acids is 1. The van der Waals surface area contributed by atoms with Crippen LogP contribution in [-0.4, -0.2) is 39.9 Å². The summed E-state index contributed by atoms with van der Waals surface area (Å²) in [5.41, 5.74) is 2.12. The van der Waals surface area contributed by atoms with Crippen LogP contribution in [0.2, 0.25) is 0 Å². The van der Waals surface area contributed by atoms with Crippen LogP contribution in [0.4, 0.5) is 0 Å². The van der Waals surface area contributed by atoms with Crippen molar-refractivity contribution in [1.82, 2.24) is 20.2 Å². The molecular formula is C13H16N4O. The topological polar surface area (TPSA) is 61.0 Å². The maximum atomic E-state index is 12.0. The number of pyridine rings is 1. The summed E-state index contributed by atoms with van der Waals surface area (Å²) in [5.74, 6) is 0.165. The Bertz CT molecular complexity index is 544. The summed E-state index contributed by atoms with van der Waals surface area (Å²) in [6, 6.07) is 3.92. The number of hydrogen-bond donors (Lipinski definition) is 2. The normalized spacial score (nSPS) is 20.6. The molecule has 1 unspecified atom stereocenters. The van der Waals surface area contributed by atoms with Crippen molar-refractivity contribution < 1.29 is 4.79 Å². The molecule has 0 bridgehead atoms. The Morgan fingerprint density at radius 3 is 3.28 bits per heavy atom. The monoisotopic (exact) mass is 244 g/mol. The number of hydrogen-bond acceptors (Lipinski definition) is 3. The molecule has 0 saturated carbocycles. The van der Waals surface area contributed by atoms with Crippen LogP contribution < -0.4 is 5.32 Å². The molecule has 1 aliphatic heterocycles. The van der Waals surface area contributed by atoms with E-state index in [0.717, 1.165) is 29.7 Å². The van der Waals surface area contributed by atoms with Gasteiger partial charge in [0.1, 0.15) is 0 Å². The second kappa shape index (κ2) is 4.42. The predicted molar refractivity (Wildman–Crippen MR) is 69.0 cm³/mol. The fourth-order valence-electron chi connectivity index (χ4n) is 2.37. The van der Waals surface area contributed by atoms with Crippen LogP contribution in [0.5, 0.6) is 0 Å². The summed E-state index contributed by atoms with van der Waals surface area (Å²) in [7, 11) is 0. The van der Waals surface area contributed by atoms with Gasteiger partial charge in [0.2, 0.25) is 5.91 Å². The SMILES string of the molecule is CC1NCCN(Cc2cc3cnccc3[nH]2)C1=O. The number of carbonyl (C=O) groups is 1. The van der Waals surface area contributed by atoms with Gasteiger partial charge in [-0.3, -0.25) is 9.78 Å². The van der Waals surface area contributed by atoms with E-state index in [2.05, 4.69) is 21.4 Å². The summed E-state index contributed by atoms with van der Waals surface area (Å²) < 4.78 is 0. The number of piperazine rings is 1. The van der Waals surface area contributed by atoms with Gasteiger partial charge in [0.05, 0.1) is 12.6 Å². The zero-order chi connectivity index (χ0) is 12.5. The molecule has 5 nitrogen and oxygen atoms in total. The van der Waals surface area contributed by atoms with E-state index in [1.165, 1.54) is 0 Å². The number of aromatic amines is 1. The molecule has 1 fully saturated rings. The summed E-state index contributed by atoms with van der Waals surface area (Å²) in [6.07, 6.45) is 3.60. The molecule has 0 spiro atoms. The minimum absolute atomic E-state index is 0.0789. The Morgan fingerprint density at radius 2 is 2.44 bits per heavy atom. The van der Waals surface area contributed by atoms with Crippen LogP contribution in [0.25, 0.3) is 10.9 Å². The van der Waals surface area contributed by atoms with Crippen molar-refractivity contribution >= 4 is 16.8 Å². The van der Waals surface area contributed by atoms with Gasteiger partial charge >= 0.3 is 0 Å². The van der Waals surface area contributed by atoms with Crippen molar-refractivity contribution in [3.8, 4) is 0 Å². The zero-order valence-electron chi connectivity index (χ0n) is 10.3. The van der Waals surface area contributed by atoms with Gasteiger partial charge in [-0.25, -0.2) is 0 Å². The Labute approximate surface area is 105 Å². The van der Waals surface area contributed by atoms with Gasteiger partial charge < -0.3 is 15.2 Å². The van der Waals surface area contributed by atoms with E-state index in [4.69, 9.17) is 0 Å². The maximum absolute atomic E-state index is 12.0. The summed E-state index contributed by atoms with van der Waals surface area (Å²) in [4.78, 5) is 21.3. The molecule has 2 N–H and O–H groups in total. The van der Waals surface area contributed by atoms with Gasteiger partial charge in [-0.2, -0.15) is 0 Å². The van der Waals surface area contributed by atoms with Crippen molar-refractivity contribution in [1.29, 1.82) is 0 Å². The quantitative estimate of drug-likeness (QED) is 0.824. The van der Waals surface area contributed by atoms with Crippen molar-refractivity contribution in [2.45, 2.75) is 19.5 Å². The van der Waals surface area contributed by atoms with Gasteiger partial charge in [-0.1, -0.05) is 0 Å². The van der Waals surface area contributed by atoms with E-state index in [0.29, 0.717) is 6.54 Å². The predicted octanol–water partition coefficient (Wildman–Crippen LogP) is 0.883. The first-order chi connectivity index (χ1) is 8.74. The fourth-order valence-corrected chi connectivity index (χ4v) is 2.37. The minimum atomic E-state index is -0.0789. The largest absolute Gasteiger partial charge is 0.357 e. The first-order valence-corrected chi connectivity index (χ1v) is 6.18. The Morgan fingerprint density at radius 1 is 1.56 bits per heavy atom. The van der Waals surface area contributed by atoms with E-state index in [-0.39, 0.29) is 11.9 Å². The molecule has 1 saturated heterocycles.